The number of benzene rings is 2. The number of aliphatic hydroxyl groups is 1. The van der Waals surface area contributed by atoms with Crippen LogP contribution in [0.3, 0.4) is 0 Å². The largest absolute Gasteiger partial charge is 0.496 e. The Labute approximate surface area is 121 Å². The Morgan fingerprint density at radius 1 is 1.00 bits per heavy atom. The van der Waals surface area contributed by atoms with Crippen LogP contribution in [0, 0.1) is 0 Å². The average Bonchev–Trinajstić information content (AvgIpc) is 2.53. The summed E-state index contributed by atoms with van der Waals surface area (Å²) in [5.41, 5.74) is 4.38. The Hall–Kier alpha value is -1.80. The maximum absolute atomic E-state index is 10.6. The molecule has 20 heavy (non-hydrogen) atoms. The molecule has 2 heteroatoms. The highest BCUT2D eigenvalue weighted by molar-refractivity contribution is 5.42. The minimum absolute atomic E-state index is 0.651. The Morgan fingerprint density at radius 2 is 1.70 bits per heavy atom. The highest BCUT2D eigenvalue weighted by Crippen LogP contribution is 2.30. The Morgan fingerprint density at radius 3 is 2.35 bits per heavy atom. The lowest BCUT2D eigenvalue weighted by molar-refractivity contribution is 0.214. The second-order valence-corrected chi connectivity index (χ2v) is 4.88. The molecular formula is C18H22O2. The molecule has 0 aliphatic carbocycles. The molecule has 0 aliphatic heterocycles. The summed E-state index contributed by atoms with van der Waals surface area (Å²) in [4.78, 5) is 0. The van der Waals surface area contributed by atoms with Crippen LogP contribution in [-0.4, -0.2) is 12.2 Å². The predicted octanol–water partition coefficient (Wildman–Crippen LogP) is 3.90. The van der Waals surface area contributed by atoms with E-state index in [0.29, 0.717) is 0 Å². The molecule has 0 heterocycles. The van der Waals surface area contributed by atoms with Crippen LogP contribution in [0.2, 0.25) is 0 Å². The molecule has 0 aliphatic rings. The van der Waals surface area contributed by atoms with Crippen LogP contribution in [-0.2, 0) is 12.8 Å². The summed E-state index contributed by atoms with van der Waals surface area (Å²) in [5.74, 6) is 0.720. The zero-order chi connectivity index (χ0) is 14.5. The van der Waals surface area contributed by atoms with E-state index in [1.54, 1.807) is 7.11 Å². The molecule has 0 fully saturated rings. The quantitative estimate of drug-likeness (QED) is 0.892. The van der Waals surface area contributed by atoms with Gasteiger partial charge in [-0.2, -0.15) is 0 Å². The van der Waals surface area contributed by atoms with Gasteiger partial charge in [0.2, 0.25) is 0 Å². The maximum Gasteiger partial charge on any atom is 0.125 e. The van der Waals surface area contributed by atoms with Gasteiger partial charge in [-0.25, -0.2) is 0 Å². The molecule has 2 nitrogen and oxygen atoms in total. The van der Waals surface area contributed by atoms with Crippen molar-refractivity contribution < 1.29 is 9.84 Å². The van der Waals surface area contributed by atoms with Gasteiger partial charge in [-0.15, -0.1) is 0 Å². The Balaban J connectivity index is 2.40. The van der Waals surface area contributed by atoms with Gasteiger partial charge in [-0.1, -0.05) is 50.2 Å². The smallest absolute Gasteiger partial charge is 0.125 e. The fourth-order valence-electron chi connectivity index (χ4n) is 2.56. The van der Waals surface area contributed by atoms with Crippen LogP contribution >= 0.6 is 0 Å². The molecule has 0 bridgehead atoms. The Bertz CT molecular complexity index is 575. The second kappa shape index (κ2) is 6.58. The second-order valence-electron chi connectivity index (χ2n) is 4.88. The van der Waals surface area contributed by atoms with Gasteiger partial charge in [0.05, 0.1) is 7.11 Å². The summed E-state index contributed by atoms with van der Waals surface area (Å²) in [6.07, 6.45) is 1.35. The number of rotatable bonds is 5. The molecule has 1 atom stereocenters. The first-order valence-electron chi connectivity index (χ1n) is 7.13. The Kier molecular flexibility index (Phi) is 4.80. The van der Waals surface area contributed by atoms with Crippen molar-refractivity contribution in [2.45, 2.75) is 32.8 Å². The molecule has 106 valence electrons. The van der Waals surface area contributed by atoms with E-state index >= 15 is 0 Å². The number of ether oxygens (including phenoxy) is 1. The maximum atomic E-state index is 10.6. The SMILES string of the molecule is CCc1ccc(C(O)c2ccccc2OC)cc1CC. The van der Waals surface area contributed by atoms with Crippen molar-refractivity contribution in [1.82, 2.24) is 0 Å². The molecule has 2 aromatic carbocycles. The van der Waals surface area contributed by atoms with Crippen molar-refractivity contribution in [3.8, 4) is 5.75 Å². The number of aryl methyl sites for hydroxylation is 2. The van der Waals surface area contributed by atoms with Gasteiger partial charge in [0.15, 0.2) is 0 Å². The molecule has 0 saturated heterocycles. The lowest BCUT2D eigenvalue weighted by Gasteiger charge is -2.17. The van der Waals surface area contributed by atoms with Crippen molar-refractivity contribution in [1.29, 1.82) is 0 Å². The van der Waals surface area contributed by atoms with E-state index in [-0.39, 0.29) is 0 Å². The number of hydrogen-bond acceptors (Lipinski definition) is 2. The summed E-state index contributed by atoms with van der Waals surface area (Å²) in [6, 6.07) is 13.8. The van der Waals surface area contributed by atoms with Crippen LogP contribution in [0.15, 0.2) is 42.5 Å². The fraction of sp³-hybridized carbons (Fsp3) is 0.333. The van der Waals surface area contributed by atoms with Crippen molar-refractivity contribution in [2.24, 2.45) is 0 Å². The van der Waals surface area contributed by atoms with Gasteiger partial charge in [0.1, 0.15) is 11.9 Å². The first kappa shape index (κ1) is 14.6. The normalized spacial score (nSPS) is 12.2. The van der Waals surface area contributed by atoms with E-state index in [1.165, 1.54) is 11.1 Å². The summed E-state index contributed by atoms with van der Waals surface area (Å²) in [7, 11) is 1.63. The third-order valence-corrected chi connectivity index (χ3v) is 3.74. The highest BCUT2D eigenvalue weighted by atomic mass is 16.5. The fourth-order valence-corrected chi connectivity index (χ4v) is 2.56. The summed E-state index contributed by atoms with van der Waals surface area (Å²) >= 11 is 0. The van der Waals surface area contributed by atoms with Gasteiger partial charge in [-0.05, 0) is 35.6 Å². The predicted molar refractivity (Wildman–Crippen MR) is 82.3 cm³/mol. The van der Waals surface area contributed by atoms with Crippen LogP contribution in [0.5, 0.6) is 5.75 Å². The highest BCUT2D eigenvalue weighted by Gasteiger charge is 2.15. The van der Waals surface area contributed by atoms with E-state index < -0.39 is 6.10 Å². The van der Waals surface area contributed by atoms with Gasteiger partial charge < -0.3 is 9.84 Å². The molecule has 0 radical (unpaired) electrons. The van der Waals surface area contributed by atoms with Crippen molar-refractivity contribution >= 4 is 0 Å². The monoisotopic (exact) mass is 270 g/mol. The van der Waals surface area contributed by atoms with Gasteiger partial charge in [-0.3, -0.25) is 0 Å². The van der Waals surface area contributed by atoms with Crippen molar-refractivity contribution in [3.05, 3.63) is 64.7 Å². The lowest BCUT2D eigenvalue weighted by atomic mass is 9.94. The first-order chi connectivity index (χ1) is 9.71. The van der Waals surface area contributed by atoms with Crippen LogP contribution in [0.25, 0.3) is 0 Å². The van der Waals surface area contributed by atoms with E-state index in [1.807, 2.05) is 30.3 Å². The molecule has 2 aromatic rings. The topological polar surface area (TPSA) is 29.5 Å². The number of aliphatic hydroxyl groups excluding tert-OH is 1. The van der Waals surface area contributed by atoms with Crippen molar-refractivity contribution in [3.63, 3.8) is 0 Å². The van der Waals surface area contributed by atoms with Crippen LogP contribution in [0.4, 0.5) is 0 Å². The summed E-state index contributed by atoms with van der Waals surface area (Å²) in [5, 5.41) is 10.6. The standard InChI is InChI=1S/C18H22O2/c1-4-13-10-11-15(12-14(13)5-2)18(19)16-8-6-7-9-17(16)20-3/h6-12,18-19H,4-5H2,1-3H3. The molecule has 2 rings (SSSR count). The molecule has 0 saturated carbocycles. The van der Waals surface area contributed by atoms with E-state index in [0.717, 1.165) is 29.7 Å². The van der Waals surface area contributed by atoms with Gasteiger partial charge in [0.25, 0.3) is 0 Å². The number of methoxy groups -OCH3 is 1. The van der Waals surface area contributed by atoms with E-state index in [9.17, 15) is 5.11 Å². The minimum atomic E-state index is -0.651. The van der Waals surface area contributed by atoms with Gasteiger partial charge in [0, 0.05) is 5.56 Å². The van der Waals surface area contributed by atoms with E-state index in [4.69, 9.17) is 4.74 Å². The molecule has 0 amide bonds. The van der Waals surface area contributed by atoms with Crippen LogP contribution < -0.4 is 4.74 Å². The zero-order valence-corrected chi connectivity index (χ0v) is 12.4. The zero-order valence-electron chi connectivity index (χ0n) is 12.4. The van der Waals surface area contributed by atoms with Gasteiger partial charge >= 0.3 is 0 Å². The molecular weight excluding hydrogens is 248 g/mol. The average molecular weight is 270 g/mol. The molecule has 0 aromatic heterocycles. The first-order valence-corrected chi connectivity index (χ1v) is 7.13. The minimum Gasteiger partial charge on any atom is -0.496 e. The number of para-hydroxylation sites is 1. The van der Waals surface area contributed by atoms with Crippen molar-refractivity contribution in [2.75, 3.05) is 7.11 Å². The third kappa shape index (κ3) is 2.86. The summed E-state index contributed by atoms with van der Waals surface area (Å²) in [6.45, 7) is 4.30. The summed E-state index contributed by atoms with van der Waals surface area (Å²) < 4.78 is 5.33. The van der Waals surface area contributed by atoms with E-state index in [2.05, 4.69) is 26.0 Å². The molecule has 1 unspecified atom stereocenters. The third-order valence-electron chi connectivity index (χ3n) is 3.74. The molecule has 1 N–H and O–H groups in total. The van der Waals surface area contributed by atoms with Crippen LogP contribution in [0.1, 0.15) is 42.2 Å². The lowest BCUT2D eigenvalue weighted by Crippen LogP contribution is -2.04. The molecule has 0 spiro atoms. The number of hydrogen-bond donors (Lipinski definition) is 1.